The number of fused-ring (bicyclic) bond motifs is 1. The standard InChI is InChI=1S/C16H23N5O2/c1-11-8-16(2,3)6-4-12(11)19-14(22)9-20-15(23)13-5-7-17-21(13)10-18-20/h5,7,10-12H,4,6,8-9H2,1-3H3,(H,19,22). The normalized spacial score (nSPS) is 23.8. The summed E-state index contributed by atoms with van der Waals surface area (Å²) in [6.07, 6.45) is 6.15. The first-order valence-corrected chi connectivity index (χ1v) is 8.04. The van der Waals surface area contributed by atoms with E-state index < -0.39 is 0 Å². The molecule has 23 heavy (non-hydrogen) atoms. The molecule has 1 aliphatic carbocycles. The van der Waals surface area contributed by atoms with E-state index in [2.05, 4.69) is 36.3 Å². The molecule has 124 valence electrons. The Balaban J connectivity index is 1.67. The minimum Gasteiger partial charge on any atom is -0.351 e. The van der Waals surface area contributed by atoms with Gasteiger partial charge in [0.25, 0.3) is 5.56 Å². The maximum atomic E-state index is 12.3. The molecule has 1 aliphatic rings. The Morgan fingerprint density at radius 1 is 1.43 bits per heavy atom. The van der Waals surface area contributed by atoms with Crippen molar-refractivity contribution >= 4 is 11.4 Å². The average Bonchev–Trinajstić information content (AvgIpc) is 2.94. The molecule has 0 radical (unpaired) electrons. The predicted octanol–water partition coefficient (Wildman–Crippen LogP) is 1.22. The lowest BCUT2D eigenvalue weighted by atomic mass is 9.70. The summed E-state index contributed by atoms with van der Waals surface area (Å²) in [4.78, 5) is 24.5. The van der Waals surface area contributed by atoms with Crippen LogP contribution in [-0.2, 0) is 11.3 Å². The van der Waals surface area contributed by atoms with E-state index in [1.54, 1.807) is 6.07 Å². The van der Waals surface area contributed by atoms with E-state index >= 15 is 0 Å². The van der Waals surface area contributed by atoms with Crippen LogP contribution in [0.25, 0.3) is 5.52 Å². The van der Waals surface area contributed by atoms with Gasteiger partial charge in [-0.1, -0.05) is 20.8 Å². The molecule has 2 heterocycles. The van der Waals surface area contributed by atoms with Gasteiger partial charge in [-0.2, -0.15) is 10.2 Å². The number of hydrogen-bond donors (Lipinski definition) is 1. The van der Waals surface area contributed by atoms with Crippen molar-refractivity contribution in [2.75, 3.05) is 0 Å². The van der Waals surface area contributed by atoms with Crippen LogP contribution < -0.4 is 10.9 Å². The maximum absolute atomic E-state index is 12.3. The number of carbonyl (C=O) groups excluding carboxylic acids is 1. The SMILES string of the molecule is CC1CC(C)(C)CCC1NC(=O)Cn1ncn2nccc2c1=O. The smallest absolute Gasteiger partial charge is 0.293 e. The molecule has 7 nitrogen and oxygen atoms in total. The zero-order valence-corrected chi connectivity index (χ0v) is 13.8. The Hall–Kier alpha value is -2.18. The topological polar surface area (TPSA) is 81.3 Å². The van der Waals surface area contributed by atoms with Gasteiger partial charge in [0.1, 0.15) is 18.4 Å². The van der Waals surface area contributed by atoms with Crippen LogP contribution in [0.4, 0.5) is 0 Å². The van der Waals surface area contributed by atoms with Gasteiger partial charge in [0.05, 0.1) is 6.20 Å². The van der Waals surface area contributed by atoms with E-state index in [9.17, 15) is 9.59 Å². The fraction of sp³-hybridized carbons (Fsp3) is 0.625. The van der Waals surface area contributed by atoms with Gasteiger partial charge in [0.2, 0.25) is 5.91 Å². The van der Waals surface area contributed by atoms with Gasteiger partial charge in [0.15, 0.2) is 0 Å². The summed E-state index contributed by atoms with van der Waals surface area (Å²) in [5.74, 6) is 0.268. The second kappa shape index (κ2) is 5.79. The molecule has 0 aliphatic heterocycles. The molecule has 1 N–H and O–H groups in total. The Labute approximate surface area is 134 Å². The van der Waals surface area contributed by atoms with Crippen molar-refractivity contribution in [3.05, 3.63) is 28.9 Å². The van der Waals surface area contributed by atoms with Crippen molar-refractivity contribution in [3.8, 4) is 0 Å². The Morgan fingerprint density at radius 3 is 2.96 bits per heavy atom. The number of nitrogens with zero attached hydrogens (tertiary/aromatic N) is 4. The Kier molecular flexibility index (Phi) is 3.95. The molecule has 0 bridgehead atoms. The number of amides is 1. The first-order valence-electron chi connectivity index (χ1n) is 8.04. The molecule has 7 heteroatoms. The fourth-order valence-electron chi connectivity index (χ4n) is 3.53. The van der Waals surface area contributed by atoms with E-state index in [4.69, 9.17) is 0 Å². The highest BCUT2D eigenvalue weighted by Crippen LogP contribution is 2.38. The van der Waals surface area contributed by atoms with Gasteiger partial charge < -0.3 is 5.32 Å². The first kappa shape index (κ1) is 15.7. The maximum Gasteiger partial charge on any atom is 0.293 e. The highest BCUT2D eigenvalue weighted by atomic mass is 16.2. The van der Waals surface area contributed by atoms with Crippen LogP contribution in [0.3, 0.4) is 0 Å². The van der Waals surface area contributed by atoms with E-state index in [1.165, 1.54) is 21.7 Å². The third-order valence-corrected chi connectivity index (χ3v) is 4.76. The highest BCUT2D eigenvalue weighted by Gasteiger charge is 2.33. The molecule has 3 rings (SSSR count). The molecule has 0 saturated heterocycles. The molecule has 1 saturated carbocycles. The molecule has 1 fully saturated rings. The van der Waals surface area contributed by atoms with Crippen molar-refractivity contribution < 1.29 is 4.79 Å². The van der Waals surface area contributed by atoms with Crippen LogP contribution in [0.5, 0.6) is 0 Å². The summed E-state index contributed by atoms with van der Waals surface area (Å²) >= 11 is 0. The van der Waals surface area contributed by atoms with Gasteiger partial charge in [-0.3, -0.25) is 9.59 Å². The van der Waals surface area contributed by atoms with Crippen LogP contribution in [0.2, 0.25) is 0 Å². The van der Waals surface area contributed by atoms with Gasteiger partial charge >= 0.3 is 0 Å². The third kappa shape index (κ3) is 3.28. The minimum atomic E-state index is -0.307. The van der Waals surface area contributed by atoms with Gasteiger partial charge in [-0.05, 0) is 36.7 Å². The molecule has 2 unspecified atom stereocenters. The fourth-order valence-corrected chi connectivity index (χ4v) is 3.53. The average molecular weight is 317 g/mol. The second-order valence-electron chi connectivity index (χ2n) is 7.31. The van der Waals surface area contributed by atoms with Crippen LogP contribution in [0.1, 0.15) is 40.0 Å². The van der Waals surface area contributed by atoms with Crippen molar-refractivity contribution in [1.82, 2.24) is 24.7 Å². The highest BCUT2D eigenvalue weighted by molar-refractivity contribution is 5.76. The summed E-state index contributed by atoms with van der Waals surface area (Å²) in [7, 11) is 0. The monoisotopic (exact) mass is 317 g/mol. The number of hydrogen-bond acceptors (Lipinski definition) is 4. The van der Waals surface area contributed by atoms with Crippen molar-refractivity contribution in [2.45, 2.75) is 52.6 Å². The first-order chi connectivity index (χ1) is 10.9. The van der Waals surface area contributed by atoms with Crippen molar-refractivity contribution in [1.29, 1.82) is 0 Å². The lowest BCUT2D eigenvalue weighted by Crippen LogP contribution is -2.46. The molecule has 2 aromatic rings. The van der Waals surface area contributed by atoms with Crippen LogP contribution in [0, 0.1) is 11.3 Å². The summed E-state index contributed by atoms with van der Waals surface area (Å²) in [5, 5.41) is 11.0. The molecule has 2 atom stereocenters. The zero-order valence-electron chi connectivity index (χ0n) is 13.8. The van der Waals surface area contributed by atoms with Crippen LogP contribution in [0.15, 0.2) is 23.4 Å². The Bertz CT molecular complexity index is 776. The summed E-state index contributed by atoms with van der Waals surface area (Å²) in [6.45, 7) is 6.65. The second-order valence-corrected chi connectivity index (χ2v) is 7.31. The lowest BCUT2D eigenvalue weighted by Gasteiger charge is -2.39. The summed E-state index contributed by atoms with van der Waals surface area (Å²) < 4.78 is 2.59. The van der Waals surface area contributed by atoms with Gasteiger partial charge in [-0.25, -0.2) is 9.20 Å². The van der Waals surface area contributed by atoms with Crippen molar-refractivity contribution in [3.63, 3.8) is 0 Å². The third-order valence-electron chi connectivity index (χ3n) is 4.76. The Morgan fingerprint density at radius 2 is 2.22 bits per heavy atom. The summed E-state index contributed by atoms with van der Waals surface area (Å²) in [5.41, 5.74) is 0.449. The number of nitrogens with one attached hydrogen (secondary N) is 1. The van der Waals surface area contributed by atoms with Crippen molar-refractivity contribution in [2.24, 2.45) is 11.3 Å². The zero-order chi connectivity index (χ0) is 16.6. The molecular weight excluding hydrogens is 294 g/mol. The van der Waals surface area contributed by atoms with E-state index in [0.29, 0.717) is 16.8 Å². The van der Waals surface area contributed by atoms with Gasteiger partial charge in [0, 0.05) is 6.04 Å². The molecule has 1 amide bonds. The van der Waals surface area contributed by atoms with E-state index in [1.807, 2.05) is 0 Å². The lowest BCUT2D eigenvalue weighted by molar-refractivity contribution is -0.123. The largest absolute Gasteiger partial charge is 0.351 e. The van der Waals surface area contributed by atoms with E-state index in [0.717, 1.165) is 19.3 Å². The predicted molar refractivity (Wildman–Crippen MR) is 86.0 cm³/mol. The number of carbonyl (C=O) groups is 1. The molecule has 0 aromatic carbocycles. The van der Waals surface area contributed by atoms with E-state index in [-0.39, 0.29) is 24.1 Å². The van der Waals surface area contributed by atoms with Gasteiger partial charge in [-0.15, -0.1) is 0 Å². The number of aromatic nitrogens is 4. The quantitative estimate of drug-likeness (QED) is 0.923. The molecule has 2 aromatic heterocycles. The number of rotatable bonds is 3. The molecular formula is C16H23N5O2. The minimum absolute atomic E-state index is 0.0624. The molecule has 0 spiro atoms. The van der Waals surface area contributed by atoms with Crippen LogP contribution >= 0.6 is 0 Å². The van der Waals surface area contributed by atoms with Crippen LogP contribution in [-0.4, -0.2) is 31.3 Å². The summed E-state index contributed by atoms with van der Waals surface area (Å²) in [6, 6.07) is 1.79.